The van der Waals surface area contributed by atoms with Gasteiger partial charge < -0.3 is 19.7 Å². The van der Waals surface area contributed by atoms with Crippen LogP contribution in [0.5, 0.6) is 11.5 Å². The normalized spacial score (nSPS) is 11.7. The lowest BCUT2D eigenvalue weighted by Crippen LogP contribution is -2.49. The summed E-state index contributed by atoms with van der Waals surface area (Å²) in [6, 6.07) is 12.1. The van der Waals surface area contributed by atoms with Crippen molar-refractivity contribution in [3.8, 4) is 11.5 Å². The maximum atomic E-state index is 13.2. The Morgan fingerprint density at radius 1 is 1.03 bits per heavy atom. The largest absolute Gasteiger partial charge is 0.493 e. The molecule has 2 aromatic rings. The van der Waals surface area contributed by atoms with Gasteiger partial charge in [-0.25, -0.2) is 4.39 Å². The van der Waals surface area contributed by atoms with E-state index in [1.165, 1.54) is 24.1 Å². The number of hydrogen-bond donors (Lipinski definition) is 1. The minimum atomic E-state index is -0.720. The van der Waals surface area contributed by atoms with E-state index in [0.29, 0.717) is 23.6 Å². The Balaban J connectivity index is 2.15. The van der Waals surface area contributed by atoms with Crippen LogP contribution in [-0.2, 0) is 16.1 Å². The average molecular weight is 416 g/mol. The number of nitrogens with one attached hydrogen (secondary N) is 1. The number of carbonyl (C=O) groups is 2. The van der Waals surface area contributed by atoms with Crippen LogP contribution in [0.1, 0.15) is 26.3 Å². The molecule has 2 aromatic carbocycles. The summed E-state index contributed by atoms with van der Waals surface area (Å²) in [7, 11) is 1.52. The van der Waals surface area contributed by atoms with Crippen LogP contribution in [0.15, 0.2) is 48.5 Å². The minimum absolute atomic E-state index is 0.157. The molecule has 7 heteroatoms. The van der Waals surface area contributed by atoms with Crippen LogP contribution in [0, 0.1) is 11.7 Å². The van der Waals surface area contributed by atoms with Gasteiger partial charge in [0.2, 0.25) is 5.91 Å². The van der Waals surface area contributed by atoms with Crippen molar-refractivity contribution in [1.82, 2.24) is 10.2 Å². The molecule has 0 fully saturated rings. The summed E-state index contributed by atoms with van der Waals surface area (Å²) in [5.41, 5.74) is 0.713. The molecule has 162 valence electrons. The fraction of sp³-hybridized carbons (Fsp3) is 0.391. The van der Waals surface area contributed by atoms with Gasteiger partial charge in [0.25, 0.3) is 5.91 Å². The van der Waals surface area contributed by atoms with E-state index < -0.39 is 6.04 Å². The number of rotatable bonds is 10. The molecule has 0 bridgehead atoms. The first kappa shape index (κ1) is 23.2. The first-order chi connectivity index (χ1) is 14.3. The number of methoxy groups -OCH3 is 1. The molecule has 0 radical (unpaired) electrons. The first-order valence-corrected chi connectivity index (χ1v) is 9.89. The van der Waals surface area contributed by atoms with Crippen molar-refractivity contribution in [2.24, 2.45) is 5.92 Å². The van der Waals surface area contributed by atoms with Gasteiger partial charge in [0, 0.05) is 13.1 Å². The predicted molar refractivity (Wildman–Crippen MR) is 113 cm³/mol. The van der Waals surface area contributed by atoms with Gasteiger partial charge in [-0.05, 0) is 42.7 Å². The van der Waals surface area contributed by atoms with Crippen LogP contribution in [0.4, 0.5) is 4.39 Å². The maximum absolute atomic E-state index is 13.2. The summed E-state index contributed by atoms with van der Waals surface area (Å²) in [6.45, 7) is 6.06. The summed E-state index contributed by atoms with van der Waals surface area (Å²) in [4.78, 5) is 27.0. The smallest absolute Gasteiger partial charge is 0.261 e. The molecule has 0 aromatic heterocycles. The molecule has 0 aliphatic heterocycles. The molecule has 0 saturated carbocycles. The van der Waals surface area contributed by atoms with Crippen LogP contribution in [0.3, 0.4) is 0 Å². The highest BCUT2D eigenvalue weighted by atomic mass is 19.1. The Labute approximate surface area is 177 Å². The van der Waals surface area contributed by atoms with E-state index in [-0.39, 0.29) is 36.7 Å². The third kappa shape index (κ3) is 6.76. The van der Waals surface area contributed by atoms with E-state index in [2.05, 4.69) is 5.32 Å². The SMILES string of the molecule is COc1ccccc1OCC(=O)N(Cc1ccc(F)cc1)[C@@H](C)C(=O)NCC(C)C. The van der Waals surface area contributed by atoms with E-state index in [1.54, 1.807) is 43.3 Å². The molecule has 0 aliphatic rings. The number of halogens is 1. The Bertz CT molecular complexity index is 839. The molecule has 0 unspecified atom stereocenters. The average Bonchev–Trinajstić information content (AvgIpc) is 2.75. The van der Waals surface area contributed by atoms with Gasteiger partial charge in [0.05, 0.1) is 7.11 Å². The molecule has 30 heavy (non-hydrogen) atoms. The summed E-state index contributed by atoms with van der Waals surface area (Å²) in [6.07, 6.45) is 0. The maximum Gasteiger partial charge on any atom is 0.261 e. The molecular formula is C23H29FN2O4. The third-order valence-electron chi connectivity index (χ3n) is 4.54. The van der Waals surface area contributed by atoms with Crippen molar-refractivity contribution in [2.75, 3.05) is 20.3 Å². The topological polar surface area (TPSA) is 67.9 Å². The molecule has 0 saturated heterocycles. The van der Waals surface area contributed by atoms with Gasteiger partial charge in [0.15, 0.2) is 18.1 Å². The molecule has 0 heterocycles. The van der Waals surface area contributed by atoms with Crippen LogP contribution in [-0.4, -0.2) is 43.0 Å². The van der Waals surface area contributed by atoms with Crippen LogP contribution >= 0.6 is 0 Å². The first-order valence-electron chi connectivity index (χ1n) is 9.89. The Kier molecular flexibility index (Phi) is 8.65. The van der Waals surface area contributed by atoms with Crippen molar-refractivity contribution in [1.29, 1.82) is 0 Å². The third-order valence-corrected chi connectivity index (χ3v) is 4.54. The fourth-order valence-corrected chi connectivity index (χ4v) is 2.78. The number of carbonyl (C=O) groups excluding carboxylic acids is 2. The van der Waals surface area contributed by atoms with Crippen molar-refractivity contribution in [3.63, 3.8) is 0 Å². The Hall–Kier alpha value is -3.09. The standard InChI is InChI=1S/C23H29FN2O4/c1-16(2)13-25-23(28)17(3)26(14-18-9-11-19(24)12-10-18)22(27)15-30-21-8-6-5-7-20(21)29-4/h5-12,16-17H,13-15H2,1-4H3,(H,25,28)/t17-/m0/s1. The van der Waals surface area contributed by atoms with Crippen molar-refractivity contribution < 1.29 is 23.5 Å². The zero-order valence-corrected chi connectivity index (χ0v) is 17.9. The van der Waals surface area contributed by atoms with E-state index in [4.69, 9.17) is 9.47 Å². The van der Waals surface area contributed by atoms with Gasteiger partial charge in [-0.3, -0.25) is 9.59 Å². The summed E-state index contributed by atoms with van der Waals surface area (Å²) < 4.78 is 24.1. The second-order valence-corrected chi connectivity index (χ2v) is 7.40. The van der Waals surface area contributed by atoms with E-state index in [0.717, 1.165) is 0 Å². The van der Waals surface area contributed by atoms with Gasteiger partial charge in [-0.1, -0.05) is 38.1 Å². The van der Waals surface area contributed by atoms with Crippen molar-refractivity contribution in [3.05, 3.63) is 59.9 Å². The summed E-state index contributed by atoms with van der Waals surface area (Å²) in [5.74, 6) is 0.258. The molecule has 2 amide bonds. The van der Waals surface area contributed by atoms with Gasteiger partial charge in [-0.15, -0.1) is 0 Å². The molecule has 1 N–H and O–H groups in total. The van der Waals surface area contributed by atoms with Gasteiger partial charge in [0.1, 0.15) is 11.9 Å². The van der Waals surface area contributed by atoms with Crippen molar-refractivity contribution >= 4 is 11.8 Å². The summed E-state index contributed by atoms with van der Waals surface area (Å²) >= 11 is 0. The fourth-order valence-electron chi connectivity index (χ4n) is 2.78. The molecule has 0 spiro atoms. The van der Waals surface area contributed by atoms with Crippen LogP contribution in [0.25, 0.3) is 0 Å². The quantitative estimate of drug-likeness (QED) is 0.645. The number of para-hydroxylation sites is 2. The number of hydrogen-bond acceptors (Lipinski definition) is 4. The number of benzene rings is 2. The lowest BCUT2D eigenvalue weighted by molar-refractivity contribution is -0.142. The van der Waals surface area contributed by atoms with Crippen LogP contribution < -0.4 is 14.8 Å². The number of ether oxygens (including phenoxy) is 2. The highest BCUT2D eigenvalue weighted by Gasteiger charge is 2.26. The monoisotopic (exact) mass is 416 g/mol. The van der Waals surface area contributed by atoms with Crippen LogP contribution in [0.2, 0.25) is 0 Å². The van der Waals surface area contributed by atoms with Gasteiger partial charge >= 0.3 is 0 Å². The lowest BCUT2D eigenvalue weighted by atomic mass is 10.1. The zero-order chi connectivity index (χ0) is 22.1. The molecule has 1 atom stereocenters. The predicted octanol–water partition coefficient (Wildman–Crippen LogP) is 3.40. The zero-order valence-electron chi connectivity index (χ0n) is 17.9. The highest BCUT2D eigenvalue weighted by Crippen LogP contribution is 2.25. The second-order valence-electron chi connectivity index (χ2n) is 7.40. The highest BCUT2D eigenvalue weighted by molar-refractivity contribution is 5.88. The number of nitrogens with zero attached hydrogens (tertiary/aromatic N) is 1. The second kappa shape index (κ2) is 11.2. The van der Waals surface area contributed by atoms with Gasteiger partial charge in [-0.2, -0.15) is 0 Å². The van der Waals surface area contributed by atoms with E-state index in [9.17, 15) is 14.0 Å². The van der Waals surface area contributed by atoms with E-state index in [1.807, 2.05) is 13.8 Å². The Morgan fingerprint density at radius 3 is 2.27 bits per heavy atom. The lowest BCUT2D eigenvalue weighted by Gasteiger charge is -2.29. The molecule has 2 rings (SSSR count). The minimum Gasteiger partial charge on any atom is -0.493 e. The molecular weight excluding hydrogens is 387 g/mol. The molecule has 6 nitrogen and oxygen atoms in total. The van der Waals surface area contributed by atoms with E-state index >= 15 is 0 Å². The number of amides is 2. The Morgan fingerprint density at radius 2 is 1.67 bits per heavy atom. The summed E-state index contributed by atoms with van der Waals surface area (Å²) in [5, 5.41) is 2.85. The van der Waals surface area contributed by atoms with Crippen molar-refractivity contribution in [2.45, 2.75) is 33.4 Å². The molecule has 0 aliphatic carbocycles.